The Morgan fingerprint density at radius 1 is 1.19 bits per heavy atom. The molecule has 1 unspecified atom stereocenters. The minimum absolute atomic E-state index is 0.0566. The molecule has 0 fully saturated rings. The quantitative estimate of drug-likeness (QED) is 0.598. The molecule has 5 nitrogen and oxygen atoms in total. The average Bonchev–Trinajstić information content (AvgIpc) is 2.18. The van der Waals surface area contributed by atoms with Crippen molar-refractivity contribution in [2.45, 2.75) is 45.6 Å². The van der Waals surface area contributed by atoms with E-state index in [4.69, 9.17) is 9.47 Å². The van der Waals surface area contributed by atoms with Crippen LogP contribution >= 0.6 is 0 Å². The number of carbonyl (C=O) groups is 1. The first kappa shape index (κ1) is 15.3. The summed E-state index contributed by atoms with van der Waals surface area (Å²) in [5.74, 6) is 0.0566. The van der Waals surface area contributed by atoms with Gasteiger partial charge in [0.25, 0.3) is 0 Å². The van der Waals surface area contributed by atoms with Crippen LogP contribution in [0.4, 0.5) is 0 Å². The summed E-state index contributed by atoms with van der Waals surface area (Å²) in [5.41, 5.74) is 0. The number of hydrogen-bond acceptors (Lipinski definition) is 4. The van der Waals surface area contributed by atoms with E-state index < -0.39 is 0 Å². The van der Waals surface area contributed by atoms with E-state index in [1.165, 1.54) is 0 Å². The van der Waals surface area contributed by atoms with Crippen molar-refractivity contribution in [3.8, 4) is 0 Å². The van der Waals surface area contributed by atoms with Crippen LogP contribution in [0.2, 0.25) is 0 Å². The van der Waals surface area contributed by atoms with Crippen molar-refractivity contribution in [2.24, 2.45) is 0 Å². The molecular weight excluding hydrogens is 208 g/mol. The fourth-order valence-electron chi connectivity index (χ4n) is 1.41. The third kappa shape index (κ3) is 6.76. The second-order valence-electron chi connectivity index (χ2n) is 4.05. The third-order valence-corrected chi connectivity index (χ3v) is 2.14. The summed E-state index contributed by atoms with van der Waals surface area (Å²) in [7, 11) is 3.19. The normalized spacial score (nSPS) is 13.2. The summed E-state index contributed by atoms with van der Waals surface area (Å²) in [6.07, 6.45) is 0.177. The first-order chi connectivity index (χ1) is 7.51. The lowest BCUT2D eigenvalue weighted by molar-refractivity contribution is -0.124. The Morgan fingerprint density at radius 3 is 2.19 bits per heavy atom. The number of carbonyl (C=O) groups excluding carboxylic acids is 1. The summed E-state index contributed by atoms with van der Waals surface area (Å²) < 4.78 is 10.2. The van der Waals surface area contributed by atoms with Gasteiger partial charge in [-0.2, -0.15) is 0 Å². The Morgan fingerprint density at radius 2 is 1.75 bits per heavy atom. The summed E-state index contributed by atoms with van der Waals surface area (Å²) in [6, 6.07) is 0.248. The molecule has 0 radical (unpaired) electrons. The third-order valence-electron chi connectivity index (χ3n) is 2.14. The molecule has 96 valence electrons. The molecule has 0 heterocycles. The molecule has 1 amide bonds. The van der Waals surface area contributed by atoms with E-state index in [1.54, 1.807) is 14.2 Å². The van der Waals surface area contributed by atoms with Crippen molar-refractivity contribution in [3.63, 3.8) is 0 Å². The molecule has 1 atom stereocenters. The second-order valence-corrected chi connectivity index (χ2v) is 4.05. The molecule has 0 aromatic heterocycles. The van der Waals surface area contributed by atoms with Gasteiger partial charge in [-0.3, -0.25) is 4.79 Å². The molecule has 0 rings (SSSR count). The molecule has 0 aromatic carbocycles. The molecule has 0 aliphatic carbocycles. The smallest absolute Gasteiger partial charge is 0.221 e. The molecule has 0 saturated carbocycles. The van der Waals surface area contributed by atoms with Crippen LogP contribution in [0, 0.1) is 0 Å². The highest BCUT2D eigenvalue weighted by Crippen LogP contribution is 1.98. The molecule has 2 N–H and O–H groups in total. The van der Waals surface area contributed by atoms with E-state index in [0.29, 0.717) is 13.0 Å². The zero-order valence-corrected chi connectivity index (χ0v) is 10.9. The van der Waals surface area contributed by atoms with Crippen molar-refractivity contribution in [1.29, 1.82) is 0 Å². The molecule has 0 aliphatic rings. The first-order valence-electron chi connectivity index (χ1n) is 5.59. The van der Waals surface area contributed by atoms with Crippen LogP contribution in [0.25, 0.3) is 0 Å². The van der Waals surface area contributed by atoms with Gasteiger partial charge in [-0.25, -0.2) is 0 Å². The molecule has 0 spiro atoms. The van der Waals surface area contributed by atoms with Gasteiger partial charge in [0.1, 0.15) is 0 Å². The summed E-state index contributed by atoms with van der Waals surface area (Å²) in [5, 5.41) is 6.01. The maximum atomic E-state index is 11.3. The Hall–Kier alpha value is -0.650. The zero-order valence-electron chi connectivity index (χ0n) is 10.9. The number of hydrogen-bond donors (Lipinski definition) is 2. The van der Waals surface area contributed by atoms with Crippen molar-refractivity contribution >= 4 is 5.91 Å². The number of methoxy groups -OCH3 is 2. The van der Waals surface area contributed by atoms with Gasteiger partial charge in [0, 0.05) is 33.2 Å². The van der Waals surface area contributed by atoms with Crippen LogP contribution < -0.4 is 10.6 Å². The SMILES string of the molecule is COC(OC)C(C)NCCC(=O)NC(C)C. The van der Waals surface area contributed by atoms with Gasteiger partial charge < -0.3 is 20.1 Å². The minimum atomic E-state index is -0.284. The lowest BCUT2D eigenvalue weighted by Crippen LogP contribution is -2.41. The Kier molecular flexibility index (Phi) is 8.15. The van der Waals surface area contributed by atoms with Gasteiger partial charge in [0.2, 0.25) is 5.91 Å². The van der Waals surface area contributed by atoms with Gasteiger partial charge in [-0.15, -0.1) is 0 Å². The highest BCUT2D eigenvalue weighted by atomic mass is 16.7. The maximum absolute atomic E-state index is 11.3. The van der Waals surface area contributed by atoms with Crippen molar-refractivity contribution in [2.75, 3.05) is 20.8 Å². The molecule has 0 aliphatic heterocycles. The lowest BCUT2D eigenvalue weighted by atomic mass is 10.3. The maximum Gasteiger partial charge on any atom is 0.221 e. The molecule has 16 heavy (non-hydrogen) atoms. The van der Waals surface area contributed by atoms with E-state index in [9.17, 15) is 4.79 Å². The van der Waals surface area contributed by atoms with Gasteiger partial charge in [0.15, 0.2) is 6.29 Å². The van der Waals surface area contributed by atoms with E-state index in [-0.39, 0.29) is 24.3 Å². The number of rotatable bonds is 8. The summed E-state index contributed by atoms with van der Waals surface area (Å²) >= 11 is 0. The molecule has 0 aromatic rings. The predicted octanol–water partition coefficient (Wildman–Crippen LogP) is 0.498. The summed E-state index contributed by atoms with van der Waals surface area (Å²) in [6.45, 7) is 6.46. The molecule has 0 bridgehead atoms. The highest BCUT2D eigenvalue weighted by molar-refractivity contribution is 5.76. The summed E-state index contributed by atoms with van der Waals surface area (Å²) in [4.78, 5) is 11.3. The zero-order chi connectivity index (χ0) is 12.6. The van der Waals surface area contributed by atoms with Gasteiger partial charge in [-0.1, -0.05) is 0 Å². The van der Waals surface area contributed by atoms with Gasteiger partial charge in [-0.05, 0) is 20.8 Å². The molecule has 0 saturated heterocycles. The van der Waals surface area contributed by atoms with Crippen LogP contribution in [0.15, 0.2) is 0 Å². The first-order valence-corrected chi connectivity index (χ1v) is 5.59. The Labute approximate surface area is 97.9 Å². The molecule has 5 heteroatoms. The largest absolute Gasteiger partial charge is 0.354 e. The fraction of sp³-hybridized carbons (Fsp3) is 0.909. The number of nitrogens with one attached hydrogen (secondary N) is 2. The predicted molar refractivity (Wildman–Crippen MR) is 63.2 cm³/mol. The van der Waals surface area contributed by atoms with Crippen molar-refractivity contribution in [1.82, 2.24) is 10.6 Å². The van der Waals surface area contributed by atoms with Crippen LogP contribution in [-0.4, -0.2) is 45.0 Å². The number of amides is 1. The van der Waals surface area contributed by atoms with Gasteiger partial charge in [0.05, 0.1) is 6.04 Å². The van der Waals surface area contributed by atoms with Crippen molar-refractivity contribution < 1.29 is 14.3 Å². The van der Waals surface area contributed by atoms with E-state index in [2.05, 4.69) is 10.6 Å². The topological polar surface area (TPSA) is 59.6 Å². The monoisotopic (exact) mass is 232 g/mol. The number of ether oxygens (including phenoxy) is 2. The lowest BCUT2D eigenvalue weighted by Gasteiger charge is -2.22. The fourth-order valence-corrected chi connectivity index (χ4v) is 1.41. The van der Waals surface area contributed by atoms with Crippen LogP contribution in [-0.2, 0) is 14.3 Å². The second kappa shape index (κ2) is 8.50. The van der Waals surface area contributed by atoms with Gasteiger partial charge >= 0.3 is 0 Å². The van der Waals surface area contributed by atoms with Crippen LogP contribution in [0.3, 0.4) is 0 Å². The van der Waals surface area contributed by atoms with Crippen LogP contribution in [0.1, 0.15) is 27.2 Å². The van der Waals surface area contributed by atoms with Crippen molar-refractivity contribution in [3.05, 3.63) is 0 Å². The minimum Gasteiger partial charge on any atom is -0.354 e. The molecular formula is C11H24N2O3. The highest BCUT2D eigenvalue weighted by Gasteiger charge is 2.15. The Bertz CT molecular complexity index is 194. The Balaban J connectivity index is 3.68. The van der Waals surface area contributed by atoms with E-state index in [1.807, 2.05) is 20.8 Å². The standard InChI is InChI=1S/C11H24N2O3/c1-8(2)13-10(14)6-7-12-9(3)11(15-4)16-5/h8-9,11-12H,6-7H2,1-5H3,(H,13,14). The van der Waals surface area contributed by atoms with Crippen LogP contribution in [0.5, 0.6) is 0 Å². The van der Waals surface area contributed by atoms with E-state index >= 15 is 0 Å². The van der Waals surface area contributed by atoms with E-state index in [0.717, 1.165) is 0 Å². The average molecular weight is 232 g/mol.